The summed E-state index contributed by atoms with van der Waals surface area (Å²) in [5.74, 6) is -0.779. The minimum Gasteiger partial charge on any atom is -0.413 e. The lowest BCUT2D eigenvalue weighted by Gasteiger charge is -1.90. The molecule has 0 aliphatic carbocycles. The Morgan fingerprint density at radius 3 is 2.64 bits per heavy atom. The molecular weight excluding hydrogens is 194 g/mol. The van der Waals surface area contributed by atoms with Gasteiger partial charge in [0.05, 0.1) is 0 Å². The first-order chi connectivity index (χ1) is 6.77. The monoisotopic (exact) mass is 198 g/mol. The third-order valence-corrected chi connectivity index (χ3v) is 1.42. The first kappa shape index (κ1) is 8.67. The molecule has 7 heteroatoms. The zero-order valence-electron chi connectivity index (χ0n) is 6.76. The molecule has 0 bridgehead atoms. The lowest BCUT2D eigenvalue weighted by Crippen LogP contribution is -1.84. The summed E-state index contributed by atoms with van der Waals surface area (Å²) in [5.41, 5.74) is 0.270. The minimum atomic E-state index is -2.77. The predicted molar refractivity (Wildman–Crippen MR) is 40.3 cm³/mol. The van der Waals surface area contributed by atoms with Crippen molar-refractivity contribution in [3.63, 3.8) is 0 Å². The van der Waals surface area contributed by atoms with E-state index in [1.54, 1.807) is 6.07 Å². The third-order valence-electron chi connectivity index (χ3n) is 1.42. The zero-order chi connectivity index (χ0) is 9.97. The second-order valence-corrected chi connectivity index (χ2v) is 2.36. The van der Waals surface area contributed by atoms with E-state index in [4.69, 9.17) is 0 Å². The number of hydrogen-bond donors (Lipinski definition) is 0. The van der Waals surface area contributed by atoms with Gasteiger partial charge in [0.1, 0.15) is 5.69 Å². The molecule has 0 atom stereocenters. The second-order valence-electron chi connectivity index (χ2n) is 2.36. The van der Waals surface area contributed by atoms with E-state index in [1.165, 1.54) is 12.3 Å². The summed E-state index contributed by atoms with van der Waals surface area (Å²) in [6.45, 7) is 0. The quantitative estimate of drug-likeness (QED) is 0.730. The van der Waals surface area contributed by atoms with Crippen LogP contribution in [-0.4, -0.2) is 20.4 Å². The Hall–Kier alpha value is -1.92. The standard InChI is InChI=1S/C7H4F2N4O/c8-5(9)7-13-12-6(14-7)4-2-1-3-10-11-4/h1-3,5H. The van der Waals surface area contributed by atoms with Crippen LogP contribution in [0.4, 0.5) is 8.78 Å². The van der Waals surface area contributed by atoms with Crippen molar-refractivity contribution in [3.05, 3.63) is 24.2 Å². The molecule has 2 rings (SSSR count). The van der Waals surface area contributed by atoms with Gasteiger partial charge in [-0.05, 0) is 12.1 Å². The number of hydrogen-bond acceptors (Lipinski definition) is 5. The highest BCUT2D eigenvalue weighted by Gasteiger charge is 2.17. The normalized spacial score (nSPS) is 10.8. The Morgan fingerprint density at radius 2 is 2.07 bits per heavy atom. The van der Waals surface area contributed by atoms with Crippen LogP contribution < -0.4 is 0 Å². The van der Waals surface area contributed by atoms with Crippen molar-refractivity contribution in [1.82, 2.24) is 20.4 Å². The van der Waals surface area contributed by atoms with Crippen LogP contribution in [0.2, 0.25) is 0 Å². The molecular formula is C7H4F2N4O. The molecule has 0 saturated carbocycles. The lowest BCUT2D eigenvalue weighted by molar-refractivity contribution is 0.116. The summed E-state index contributed by atoms with van der Waals surface area (Å²) >= 11 is 0. The molecule has 0 N–H and O–H groups in total. The van der Waals surface area contributed by atoms with Crippen molar-refractivity contribution in [2.45, 2.75) is 6.43 Å². The van der Waals surface area contributed by atoms with Crippen LogP contribution in [0.15, 0.2) is 22.7 Å². The first-order valence-electron chi connectivity index (χ1n) is 3.67. The van der Waals surface area contributed by atoms with Gasteiger partial charge in [-0.15, -0.1) is 15.3 Å². The van der Waals surface area contributed by atoms with Crippen molar-refractivity contribution in [2.75, 3.05) is 0 Å². The van der Waals surface area contributed by atoms with Crippen molar-refractivity contribution >= 4 is 0 Å². The molecule has 0 fully saturated rings. The van der Waals surface area contributed by atoms with E-state index in [-0.39, 0.29) is 11.6 Å². The van der Waals surface area contributed by atoms with E-state index in [9.17, 15) is 8.78 Å². The van der Waals surface area contributed by atoms with Crippen molar-refractivity contribution in [1.29, 1.82) is 0 Å². The van der Waals surface area contributed by atoms with Gasteiger partial charge in [0.2, 0.25) is 0 Å². The molecule has 0 amide bonds. The number of nitrogens with zero attached hydrogens (tertiary/aromatic N) is 4. The van der Waals surface area contributed by atoms with Crippen molar-refractivity contribution in [2.24, 2.45) is 0 Å². The maximum Gasteiger partial charge on any atom is 0.314 e. The van der Waals surface area contributed by atoms with Crippen LogP contribution in [0.3, 0.4) is 0 Å². The van der Waals surface area contributed by atoms with E-state index >= 15 is 0 Å². The van der Waals surface area contributed by atoms with E-state index in [2.05, 4.69) is 24.8 Å². The van der Waals surface area contributed by atoms with Crippen LogP contribution in [0, 0.1) is 0 Å². The Labute approximate surface area is 76.8 Å². The molecule has 2 heterocycles. The average Bonchev–Trinajstić information content (AvgIpc) is 2.68. The molecule has 2 aromatic rings. The highest BCUT2D eigenvalue weighted by molar-refractivity contribution is 5.43. The predicted octanol–water partition coefficient (Wildman–Crippen LogP) is 1.46. The fourth-order valence-electron chi connectivity index (χ4n) is 0.842. The maximum absolute atomic E-state index is 12.1. The van der Waals surface area contributed by atoms with Gasteiger partial charge in [0.25, 0.3) is 11.8 Å². The van der Waals surface area contributed by atoms with Crippen LogP contribution >= 0.6 is 0 Å². The summed E-state index contributed by atoms with van der Waals surface area (Å²) in [7, 11) is 0. The van der Waals surface area contributed by atoms with Gasteiger partial charge in [-0.2, -0.15) is 13.9 Å². The SMILES string of the molecule is FC(F)c1nnc(-c2cccnn2)o1. The number of aromatic nitrogens is 4. The van der Waals surface area contributed by atoms with Crippen LogP contribution in [0.5, 0.6) is 0 Å². The van der Waals surface area contributed by atoms with E-state index < -0.39 is 12.3 Å². The van der Waals surface area contributed by atoms with Gasteiger partial charge in [-0.1, -0.05) is 0 Å². The Kier molecular flexibility index (Phi) is 2.13. The largest absolute Gasteiger partial charge is 0.413 e. The molecule has 5 nitrogen and oxygen atoms in total. The molecule has 0 spiro atoms. The Balaban J connectivity index is 2.34. The topological polar surface area (TPSA) is 64.7 Å². The summed E-state index contributed by atoms with van der Waals surface area (Å²) in [4.78, 5) is 0. The van der Waals surface area contributed by atoms with Crippen molar-refractivity contribution in [3.8, 4) is 11.6 Å². The zero-order valence-corrected chi connectivity index (χ0v) is 6.76. The third kappa shape index (κ3) is 1.56. The second kappa shape index (κ2) is 3.44. The maximum atomic E-state index is 12.1. The summed E-state index contributed by atoms with van der Waals surface area (Å²) < 4.78 is 28.8. The minimum absolute atomic E-state index is 0.0617. The lowest BCUT2D eigenvalue weighted by atomic mass is 10.4. The Morgan fingerprint density at radius 1 is 1.21 bits per heavy atom. The van der Waals surface area contributed by atoms with Crippen LogP contribution in [0.25, 0.3) is 11.6 Å². The van der Waals surface area contributed by atoms with Gasteiger partial charge >= 0.3 is 6.43 Å². The molecule has 0 aliphatic rings. The fourth-order valence-corrected chi connectivity index (χ4v) is 0.842. The average molecular weight is 198 g/mol. The number of alkyl halides is 2. The fraction of sp³-hybridized carbons (Fsp3) is 0.143. The van der Waals surface area contributed by atoms with Gasteiger partial charge in [-0.25, -0.2) is 0 Å². The van der Waals surface area contributed by atoms with Gasteiger partial charge in [0, 0.05) is 6.20 Å². The highest BCUT2D eigenvalue weighted by Crippen LogP contribution is 2.20. The molecule has 0 radical (unpaired) electrons. The van der Waals surface area contributed by atoms with Crippen LogP contribution in [0.1, 0.15) is 12.3 Å². The van der Waals surface area contributed by atoms with Gasteiger partial charge in [-0.3, -0.25) is 0 Å². The van der Waals surface area contributed by atoms with Gasteiger partial charge in [0.15, 0.2) is 0 Å². The molecule has 0 aromatic carbocycles. The van der Waals surface area contributed by atoms with Crippen LogP contribution in [-0.2, 0) is 0 Å². The summed E-state index contributed by atoms with van der Waals surface area (Å²) in [6.07, 6.45) is -1.32. The molecule has 72 valence electrons. The highest BCUT2D eigenvalue weighted by atomic mass is 19.3. The van der Waals surface area contributed by atoms with Crippen molar-refractivity contribution < 1.29 is 13.2 Å². The van der Waals surface area contributed by atoms with E-state index in [0.29, 0.717) is 0 Å². The number of rotatable bonds is 2. The van der Waals surface area contributed by atoms with Gasteiger partial charge < -0.3 is 4.42 Å². The Bertz CT molecular complexity index is 417. The van der Waals surface area contributed by atoms with E-state index in [1.807, 2.05) is 0 Å². The summed E-state index contributed by atoms with van der Waals surface area (Å²) in [5, 5.41) is 13.7. The van der Waals surface area contributed by atoms with E-state index in [0.717, 1.165) is 0 Å². The molecule has 14 heavy (non-hydrogen) atoms. The smallest absolute Gasteiger partial charge is 0.314 e. The molecule has 0 saturated heterocycles. The molecule has 2 aromatic heterocycles. The first-order valence-corrected chi connectivity index (χ1v) is 3.67. The summed E-state index contributed by atoms with van der Waals surface area (Å²) in [6, 6.07) is 3.13. The molecule has 0 aliphatic heterocycles. The molecule has 0 unspecified atom stereocenters. The number of halogens is 2.